The molecule has 0 aliphatic heterocycles. The highest BCUT2D eigenvalue weighted by Crippen LogP contribution is 2.18. The van der Waals surface area contributed by atoms with Gasteiger partial charge in [0.1, 0.15) is 11.6 Å². The van der Waals surface area contributed by atoms with Crippen molar-refractivity contribution in [3.05, 3.63) is 95.4 Å². The molecule has 1 heterocycles. The summed E-state index contributed by atoms with van der Waals surface area (Å²) in [4.78, 5) is 18.8. The molecule has 0 saturated heterocycles. The lowest BCUT2D eigenvalue weighted by molar-refractivity contribution is 0.0984. The predicted molar refractivity (Wildman–Crippen MR) is 92.3 cm³/mol. The summed E-state index contributed by atoms with van der Waals surface area (Å²) in [5.41, 5.74) is 2.37. The highest BCUT2D eigenvalue weighted by molar-refractivity contribution is 6.05. The Balaban J connectivity index is 1.96. The first kappa shape index (κ1) is 15.9. The minimum absolute atomic E-state index is 0.169. The lowest BCUT2D eigenvalue weighted by Crippen LogP contribution is -2.31. The van der Waals surface area contributed by atoms with Crippen LogP contribution < -0.4 is 4.90 Å². The molecule has 1 aromatic heterocycles. The molecule has 0 spiro atoms. The SMILES string of the molecule is Cc1ccc(C(=O)N(Cc2cccc(F)c2)c2ccccn2)cc1. The van der Waals surface area contributed by atoms with Gasteiger partial charge in [-0.2, -0.15) is 0 Å². The zero-order valence-corrected chi connectivity index (χ0v) is 13.3. The van der Waals surface area contributed by atoms with Gasteiger partial charge in [-0.1, -0.05) is 35.9 Å². The first-order valence-electron chi connectivity index (χ1n) is 7.67. The average Bonchev–Trinajstić information content (AvgIpc) is 2.61. The molecular weight excluding hydrogens is 303 g/mol. The molecule has 3 rings (SSSR count). The van der Waals surface area contributed by atoms with E-state index in [4.69, 9.17) is 0 Å². The number of nitrogens with zero attached hydrogens (tertiary/aromatic N) is 2. The molecule has 24 heavy (non-hydrogen) atoms. The van der Waals surface area contributed by atoms with Crippen LogP contribution in [0.2, 0.25) is 0 Å². The Morgan fingerprint density at radius 1 is 1.04 bits per heavy atom. The van der Waals surface area contributed by atoms with Crippen molar-refractivity contribution in [2.24, 2.45) is 0 Å². The van der Waals surface area contributed by atoms with Crippen LogP contribution in [0.1, 0.15) is 21.5 Å². The summed E-state index contributed by atoms with van der Waals surface area (Å²) >= 11 is 0. The molecule has 1 amide bonds. The van der Waals surface area contributed by atoms with Crippen LogP contribution in [0.3, 0.4) is 0 Å². The molecule has 0 atom stereocenters. The van der Waals surface area contributed by atoms with Crippen molar-refractivity contribution in [1.29, 1.82) is 0 Å². The van der Waals surface area contributed by atoms with Crippen molar-refractivity contribution in [1.82, 2.24) is 4.98 Å². The summed E-state index contributed by atoms with van der Waals surface area (Å²) in [7, 11) is 0. The third kappa shape index (κ3) is 3.66. The van der Waals surface area contributed by atoms with Gasteiger partial charge in [-0.15, -0.1) is 0 Å². The Labute approximate surface area is 140 Å². The van der Waals surface area contributed by atoms with Crippen LogP contribution >= 0.6 is 0 Å². The molecule has 0 bridgehead atoms. The van der Waals surface area contributed by atoms with Gasteiger partial charge in [0.15, 0.2) is 0 Å². The molecule has 2 aromatic carbocycles. The van der Waals surface area contributed by atoms with Gasteiger partial charge >= 0.3 is 0 Å². The maximum Gasteiger partial charge on any atom is 0.259 e. The number of hydrogen-bond acceptors (Lipinski definition) is 2. The molecule has 0 N–H and O–H groups in total. The molecule has 3 aromatic rings. The van der Waals surface area contributed by atoms with Gasteiger partial charge in [-0.3, -0.25) is 9.69 Å². The predicted octanol–water partition coefficient (Wildman–Crippen LogP) is 4.38. The van der Waals surface area contributed by atoms with Gasteiger partial charge in [0.05, 0.1) is 6.54 Å². The van der Waals surface area contributed by atoms with Crippen molar-refractivity contribution in [2.75, 3.05) is 4.90 Å². The van der Waals surface area contributed by atoms with Gasteiger partial charge in [0, 0.05) is 11.8 Å². The largest absolute Gasteiger partial charge is 0.288 e. The van der Waals surface area contributed by atoms with Crippen LogP contribution in [-0.4, -0.2) is 10.9 Å². The van der Waals surface area contributed by atoms with E-state index in [9.17, 15) is 9.18 Å². The maximum atomic E-state index is 13.5. The topological polar surface area (TPSA) is 33.2 Å². The summed E-state index contributed by atoms with van der Waals surface area (Å²) in [5, 5.41) is 0. The Kier molecular flexibility index (Phi) is 4.66. The summed E-state index contributed by atoms with van der Waals surface area (Å²) in [6.07, 6.45) is 1.64. The molecule has 0 aliphatic carbocycles. The van der Waals surface area contributed by atoms with Gasteiger partial charge in [-0.25, -0.2) is 9.37 Å². The van der Waals surface area contributed by atoms with Crippen LogP contribution in [0.5, 0.6) is 0 Å². The number of aryl methyl sites for hydroxylation is 1. The number of benzene rings is 2. The van der Waals surface area contributed by atoms with E-state index in [0.29, 0.717) is 16.9 Å². The summed E-state index contributed by atoms with van der Waals surface area (Å²) in [6.45, 7) is 2.22. The number of carbonyl (C=O) groups is 1. The molecular formula is C20H17FN2O. The van der Waals surface area contributed by atoms with Crippen molar-refractivity contribution in [3.63, 3.8) is 0 Å². The van der Waals surface area contributed by atoms with E-state index >= 15 is 0 Å². The lowest BCUT2D eigenvalue weighted by Gasteiger charge is -2.22. The number of hydrogen-bond donors (Lipinski definition) is 0. The molecule has 3 nitrogen and oxygen atoms in total. The fourth-order valence-corrected chi connectivity index (χ4v) is 2.44. The second-order valence-electron chi connectivity index (χ2n) is 5.58. The summed E-state index contributed by atoms with van der Waals surface area (Å²) in [6, 6.07) is 19.0. The van der Waals surface area contributed by atoms with E-state index in [0.717, 1.165) is 5.56 Å². The average molecular weight is 320 g/mol. The zero-order chi connectivity index (χ0) is 16.9. The lowest BCUT2D eigenvalue weighted by atomic mass is 10.1. The Hall–Kier alpha value is -3.01. The Bertz CT molecular complexity index is 832. The monoisotopic (exact) mass is 320 g/mol. The molecule has 0 unspecified atom stereocenters. The normalized spacial score (nSPS) is 10.4. The first-order valence-corrected chi connectivity index (χ1v) is 7.67. The van der Waals surface area contributed by atoms with E-state index < -0.39 is 0 Å². The van der Waals surface area contributed by atoms with E-state index in [2.05, 4.69) is 4.98 Å². The van der Waals surface area contributed by atoms with E-state index in [1.165, 1.54) is 12.1 Å². The Morgan fingerprint density at radius 2 is 1.83 bits per heavy atom. The smallest absolute Gasteiger partial charge is 0.259 e. The molecule has 0 radical (unpaired) electrons. The van der Waals surface area contributed by atoms with Crippen molar-refractivity contribution < 1.29 is 9.18 Å². The van der Waals surface area contributed by atoms with Crippen molar-refractivity contribution in [3.8, 4) is 0 Å². The summed E-state index contributed by atoms with van der Waals surface area (Å²) < 4.78 is 13.5. The number of amides is 1. The third-order valence-corrected chi connectivity index (χ3v) is 3.70. The van der Waals surface area contributed by atoms with Crippen molar-refractivity contribution in [2.45, 2.75) is 13.5 Å². The Morgan fingerprint density at radius 3 is 2.50 bits per heavy atom. The van der Waals surface area contributed by atoms with Crippen LogP contribution in [0.4, 0.5) is 10.2 Å². The molecule has 120 valence electrons. The fourth-order valence-electron chi connectivity index (χ4n) is 2.44. The zero-order valence-electron chi connectivity index (χ0n) is 13.3. The number of pyridine rings is 1. The highest BCUT2D eigenvalue weighted by Gasteiger charge is 2.19. The van der Waals surface area contributed by atoms with Gasteiger partial charge in [-0.05, 0) is 48.9 Å². The third-order valence-electron chi connectivity index (χ3n) is 3.70. The number of halogens is 1. The molecule has 0 aliphatic rings. The van der Waals surface area contributed by atoms with Crippen LogP contribution in [0.15, 0.2) is 72.9 Å². The summed E-state index contributed by atoms with van der Waals surface area (Å²) in [5.74, 6) is 0.0431. The van der Waals surface area contributed by atoms with Gasteiger partial charge in [0.25, 0.3) is 5.91 Å². The number of anilines is 1. The highest BCUT2D eigenvalue weighted by atomic mass is 19.1. The maximum absolute atomic E-state index is 13.5. The minimum Gasteiger partial charge on any atom is -0.288 e. The minimum atomic E-state index is -0.323. The fraction of sp³-hybridized carbons (Fsp3) is 0.100. The van der Waals surface area contributed by atoms with Gasteiger partial charge in [0.2, 0.25) is 0 Å². The van der Waals surface area contributed by atoms with Crippen molar-refractivity contribution >= 4 is 11.7 Å². The second-order valence-corrected chi connectivity index (χ2v) is 5.58. The first-order chi connectivity index (χ1) is 11.6. The van der Waals surface area contributed by atoms with Crippen LogP contribution in [0, 0.1) is 12.7 Å². The molecule has 4 heteroatoms. The number of rotatable bonds is 4. The standard InChI is InChI=1S/C20H17FN2O/c1-15-8-10-17(11-9-15)20(24)23(19-7-2-3-12-22-19)14-16-5-4-6-18(21)13-16/h2-13H,14H2,1H3. The molecule has 0 fully saturated rings. The van der Waals surface area contributed by atoms with Gasteiger partial charge < -0.3 is 0 Å². The number of carbonyl (C=O) groups excluding carboxylic acids is 1. The van der Waals surface area contributed by atoms with E-state index in [-0.39, 0.29) is 18.3 Å². The number of aromatic nitrogens is 1. The quantitative estimate of drug-likeness (QED) is 0.715. The van der Waals surface area contributed by atoms with E-state index in [1.54, 1.807) is 47.5 Å². The van der Waals surface area contributed by atoms with Crippen LogP contribution in [-0.2, 0) is 6.54 Å². The second kappa shape index (κ2) is 7.04. The molecule has 0 saturated carbocycles. The van der Waals surface area contributed by atoms with Crippen LogP contribution in [0.25, 0.3) is 0 Å². The van der Waals surface area contributed by atoms with E-state index in [1.807, 2.05) is 25.1 Å².